The van der Waals surface area contributed by atoms with E-state index in [9.17, 15) is 4.79 Å². The maximum absolute atomic E-state index is 11.6. The van der Waals surface area contributed by atoms with Crippen LogP contribution in [0, 0.1) is 5.41 Å². The van der Waals surface area contributed by atoms with E-state index in [0.29, 0.717) is 6.42 Å². The van der Waals surface area contributed by atoms with Gasteiger partial charge in [0, 0.05) is 20.3 Å². The molecule has 1 atom stereocenters. The highest BCUT2D eigenvalue weighted by atomic mass is 16.5. The highest BCUT2D eigenvalue weighted by Crippen LogP contribution is 2.48. The van der Waals surface area contributed by atoms with Crippen LogP contribution in [0.2, 0.25) is 0 Å². The Hall–Kier alpha value is -0.870. The third-order valence-corrected chi connectivity index (χ3v) is 3.19. The Kier molecular flexibility index (Phi) is 4.96. The molecular weight excluding hydrogens is 204 g/mol. The Labute approximate surface area is 97.2 Å². The molecule has 1 unspecified atom stereocenters. The quantitative estimate of drug-likeness (QED) is 0.602. The number of nitrogens with two attached hydrogens (primary N) is 1. The standard InChI is InChI=1S/C12H22N2O2/c1-3-4-10(13)11(15)14-9-12(5-6-12)7-8-16-2/h3,10H,1,4-9,13H2,2H3,(H,14,15). The third kappa shape index (κ3) is 3.94. The molecule has 1 saturated carbocycles. The second-order valence-corrected chi connectivity index (χ2v) is 4.59. The van der Waals surface area contributed by atoms with Crippen LogP contribution in [0.5, 0.6) is 0 Å². The zero-order valence-electron chi connectivity index (χ0n) is 10.00. The van der Waals surface area contributed by atoms with Crippen molar-refractivity contribution in [2.75, 3.05) is 20.3 Å². The molecule has 0 spiro atoms. The van der Waals surface area contributed by atoms with Gasteiger partial charge < -0.3 is 15.8 Å². The first-order valence-electron chi connectivity index (χ1n) is 5.77. The van der Waals surface area contributed by atoms with Crippen molar-refractivity contribution in [1.82, 2.24) is 5.32 Å². The van der Waals surface area contributed by atoms with Gasteiger partial charge in [-0.3, -0.25) is 4.79 Å². The first-order chi connectivity index (χ1) is 7.63. The van der Waals surface area contributed by atoms with Gasteiger partial charge in [-0.1, -0.05) is 6.08 Å². The maximum Gasteiger partial charge on any atom is 0.237 e. The molecule has 1 amide bonds. The zero-order chi connectivity index (χ0) is 12.0. The van der Waals surface area contributed by atoms with Crippen LogP contribution >= 0.6 is 0 Å². The van der Waals surface area contributed by atoms with Crippen molar-refractivity contribution in [1.29, 1.82) is 0 Å². The lowest BCUT2D eigenvalue weighted by atomic mass is 10.0. The van der Waals surface area contributed by atoms with Gasteiger partial charge in [-0.2, -0.15) is 0 Å². The van der Waals surface area contributed by atoms with Gasteiger partial charge in [-0.25, -0.2) is 0 Å². The number of rotatable bonds is 8. The highest BCUT2D eigenvalue weighted by Gasteiger charge is 2.42. The van der Waals surface area contributed by atoms with Crippen molar-refractivity contribution in [2.45, 2.75) is 31.7 Å². The SMILES string of the molecule is C=CCC(N)C(=O)NCC1(CCOC)CC1. The van der Waals surface area contributed by atoms with E-state index < -0.39 is 6.04 Å². The molecule has 1 aliphatic carbocycles. The molecule has 0 saturated heterocycles. The lowest BCUT2D eigenvalue weighted by Gasteiger charge is -2.17. The van der Waals surface area contributed by atoms with Crippen LogP contribution in [0.4, 0.5) is 0 Å². The average Bonchev–Trinajstić information content (AvgIpc) is 3.04. The topological polar surface area (TPSA) is 64.4 Å². The summed E-state index contributed by atoms with van der Waals surface area (Å²) in [6, 6.07) is -0.462. The first-order valence-corrected chi connectivity index (χ1v) is 5.77. The highest BCUT2D eigenvalue weighted by molar-refractivity contribution is 5.81. The molecular formula is C12H22N2O2. The van der Waals surface area contributed by atoms with Gasteiger partial charge in [-0.05, 0) is 31.1 Å². The summed E-state index contributed by atoms with van der Waals surface area (Å²) in [5.74, 6) is -0.0800. The summed E-state index contributed by atoms with van der Waals surface area (Å²) in [7, 11) is 1.70. The molecule has 92 valence electrons. The zero-order valence-corrected chi connectivity index (χ0v) is 10.00. The fourth-order valence-electron chi connectivity index (χ4n) is 1.70. The van der Waals surface area contributed by atoms with Gasteiger partial charge >= 0.3 is 0 Å². The fraction of sp³-hybridized carbons (Fsp3) is 0.750. The van der Waals surface area contributed by atoms with Crippen molar-refractivity contribution in [3.05, 3.63) is 12.7 Å². The summed E-state index contributed by atoms with van der Waals surface area (Å²) in [5, 5.41) is 2.91. The first kappa shape index (κ1) is 13.2. The molecule has 0 aliphatic heterocycles. The van der Waals surface area contributed by atoms with Crippen LogP contribution in [0.15, 0.2) is 12.7 Å². The second-order valence-electron chi connectivity index (χ2n) is 4.59. The van der Waals surface area contributed by atoms with Gasteiger partial charge in [0.1, 0.15) is 0 Å². The number of hydrogen-bond acceptors (Lipinski definition) is 3. The predicted molar refractivity (Wildman–Crippen MR) is 64.0 cm³/mol. The molecule has 0 aromatic carbocycles. The number of nitrogens with one attached hydrogen (secondary N) is 1. The minimum atomic E-state index is -0.462. The number of ether oxygens (including phenoxy) is 1. The van der Waals surface area contributed by atoms with E-state index in [1.807, 2.05) is 0 Å². The molecule has 1 aliphatic rings. The predicted octanol–water partition coefficient (Wildman–Crippen LogP) is 0.823. The monoisotopic (exact) mass is 226 g/mol. The van der Waals surface area contributed by atoms with Gasteiger partial charge in [0.25, 0.3) is 0 Å². The molecule has 0 heterocycles. The van der Waals surface area contributed by atoms with Gasteiger partial charge in [0.2, 0.25) is 5.91 Å². The molecule has 4 nitrogen and oxygen atoms in total. The minimum absolute atomic E-state index is 0.0800. The molecule has 0 aromatic rings. The molecule has 16 heavy (non-hydrogen) atoms. The molecule has 0 radical (unpaired) electrons. The Bertz CT molecular complexity index is 249. The van der Waals surface area contributed by atoms with Crippen LogP contribution in [0.25, 0.3) is 0 Å². The van der Waals surface area contributed by atoms with E-state index in [2.05, 4.69) is 11.9 Å². The Morgan fingerprint density at radius 3 is 2.88 bits per heavy atom. The molecule has 0 bridgehead atoms. The van der Waals surface area contributed by atoms with E-state index in [4.69, 9.17) is 10.5 Å². The number of carbonyl (C=O) groups is 1. The maximum atomic E-state index is 11.6. The van der Waals surface area contributed by atoms with Crippen LogP contribution < -0.4 is 11.1 Å². The second kappa shape index (κ2) is 6.01. The van der Waals surface area contributed by atoms with Gasteiger partial charge in [0.05, 0.1) is 6.04 Å². The summed E-state index contributed by atoms with van der Waals surface area (Å²) in [5.41, 5.74) is 5.95. The fourth-order valence-corrected chi connectivity index (χ4v) is 1.70. The van der Waals surface area contributed by atoms with Crippen molar-refractivity contribution >= 4 is 5.91 Å². The van der Waals surface area contributed by atoms with E-state index in [1.54, 1.807) is 13.2 Å². The Balaban J connectivity index is 2.23. The van der Waals surface area contributed by atoms with E-state index in [-0.39, 0.29) is 11.3 Å². The van der Waals surface area contributed by atoms with Gasteiger partial charge in [-0.15, -0.1) is 6.58 Å². The Morgan fingerprint density at radius 2 is 2.38 bits per heavy atom. The third-order valence-electron chi connectivity index (χ3n) is 3.19. The largest absolute Gasteiger partial charge is 0.385 e. The van der Waals surface area contributed by atoms with Gasteiger partial charge in [0.15, 0.2) is 0 Å². The molecule has 1 fully saturated rings. The lowest BCUT2D eigenvalue weighted by molar-refractivity contribution is -0.122. The van der Waals surface area contributed by atoms with Crippen LogP contribution in [-0.2, 0) is 9.53 Å². The van der Waals surface area contributed by atoms with Crippen molar-refractivity contribution in [3.63, 3.8) is 0 Å². The summed E-state index contributed by atoms with van der Waals surface area (Å²) >= 11 is 0. The molecule has 0 aromatic heterocycles. The van der Waals surface area contributed by atoms with E-state index >= 15 is 0 Å². The number of hydrogen-bond donors (Lipinski definition) is 2. The smallest absolute Gasteiger partial charge is 0.237 e. The summed E-state index contributed by atoms with van der Waals surface area (Å²) in [6.45, 7) is 5.05. The van der Waals surface area contributed by atoms with Crippen molar-refractivity contribution in [3.8, 4) is 0 Å². The van der Waals surface area contributed by atoms with Crippen LogP contribution in [0.1, 0.15) is 25.7 Å². The average molecular weight is 226 g/mol. The number of methoxy groups -OCH3 is 1. The lowest BCUT2D eigenvalue weighted by Crippen LogP contribution is -2.42. The molecule has 3 N–H and O–H groups in total. The van der Waals surface area contributed by atoms with Crippen LogP contribution in [0.3, 0.4) is 0 Å². The summed E-state index contributed by atoms with van der Waals surface area (Å²) in [4.78, 5) is 11.6. The minimum Gasteiger partial charge on any atom is -0.385 e. The summed E-state index contributed by atoms with van der Waals surface area (Å²) < 4.78 is 5.06. The Morgan fingerprint density at radius 1 is 1.69 bits per heavy atom. The number of carbonyl (C=O) groups excluding carboxylic acids is 1. The summed E-state index contributed by atoms with van der Waals surface area (Å²) in [6.07, 6.45) is 5.56. The van der Waals surface area contributed by atoms with E-state index in [0.717, 1.165) is 19.6 Å². The molecule has 4 heteroatoms. The normalized spacial score (nSPS) is 18.9. The molecule has 1 rings (SSSR count). The van der Waals surface area contributed by atoms with E-state index in [1.165, 1.54) is 12.8 Å². The van der Waals surface area contributed by atoms with Crippen molar-refractivity contribution < 1.29 is 9.53 Å². The number of amides is 1. The van der Waals surface area contributed by atoms with Crippen molar-refractivity contribution in [2.24, 2.45) is 11.1 Å². The van der Waals surface area contributed by atoms with Crippen LogP contribution in [-0.4, -0.2) is 32.2 Å².